The largest absolute Gasteiger partial charge is 0.454 e. The third-order valence-corrected chi connectivity index (χ3v) is 5.20. The molecule has 2 aromatic rings. The Balaban J connectivity index is 1.35. The molecule has 136 valence electrons. The highest BCUT2D eigenvalue weighted by atomic mass is 35.5. The number of fused-ring (bicyclic) bond motifs is 1. The van der Waals surface area contributed by atoms with E-state index in [0.29, 0.717) is 28.8 Å². The first kappa shape index (κ1) is 17.1. The number of nitrogens with zero attached hydrogens (tertiary/aromatic N) is 2. The Morgan fingerprint density at radius 3 is 2.46 bits per heavy atom. The molecule has 0 saturated carbocycles. The van der Waals surface area contributed by atoms with Gasteiger partial charge in [-0.25, -0.2) is 4.79 Å². The molecule has 0 unspecified atom stereocenters. The standard InChI is InChI=1S/C18H17Cl2N3O3/c19-14-3-1-12(9-15(14)20)21-18(24)23-7-5-22(6-8-23)13-2-4-16-17(10-13)26-11-25-16/h1-4,9-10H,5-8,11H2,(H,21,24). The van der Waals surface area contributed by atoms with Crippen LogP contribution in [0.4, 0.5) is 16.2 Å². The average Bonchev–Trinajstić information content (AvgIpc) is 3.12. The highest BCUT2D eigenvalue weighted by Crippen LogP contribution is 2.35. The molecule has 8 heteroatoms. The number of carbonyl (C=O) groups excluding carboxylic acids is 1. The molecule has 1 saturated heterocycles. The second-order valence-corrected chi connectivity index (χ2v) is 6.89. The number of hydrogen-bond donors (Lipinski definition) is 1. The monoisotopic (exact) mass is 393 g/mol. The summed E-state index contributed by atoms with van der Waals surface area (Å²) in [4.78, 5) is 16.5. The van der Waals surface area contributed by atoms with Crippen molar-refractivity contribution in [3.63, 3.8) is 0 Å². The number of urea groups is 1. The van der Waals surface area contributed by atoms with Crippen LogP contribution in [0.15, 0.2) is 36.4 Å². The Morgan fingerprint density at radius 2 is 1.69 bits per heavy atom. The van der Waals surface area contributed by atoms with E-state index in [-0.39, 0.29) is 12.8 Å². The van der Waals surface area contributed by atoms with Crippen molar-refractivity contribution in [2.45, 2.75) is 0 Å². The minimum absolute atomic E-state index is 0.145. The number of carbonyl (C=O) groups is 1. The van der Waals surface area contributed by atoms with Crippen LogP contribution in [0.25, 0.3) is 0 Å². The van der Waals surface area contributed by atoms with Crippen molar-refractivity contribution in [3.8, 4) is 11.5 Å². The van der Waals surface area contributed by atoms with E-state index in [9.17, 15) is 4.79 Å². The molecule has 0 atom stereocenters. The lowest BCUT2D eigenvalue weighted by Crippen LogP contribution is -2.50. The predicted molar refractivity (Wildman–Crippen MR) is 102 cm³/mol. The molecule has 2 aromatic carbocycles. The highest BCUT2D eigenvalue weighted by Gasteiger charge is 2.23. The van der Waals surface area contributed by atoms with Gasteiger partial charge >= 0.3 is 6.03 Å². The minimum atomic E-state index is -0.145. The van der Waals surface area contributed by atoms with Crippen LogP contribution in [0.2, 0.25) is 10.0 Å². The van der Waals surface area contributed by atoms with E-state index >= 15 is 0 Å². The Morgan fingerprint density at radius 1 is 0.923 bits per heavy atom. The third kappa shape index (κ3) is 3.48. The van der Waals surface area contributed by atoms with Crippen LogP contribution in [0.5, 0.6) is 11.5 Å². The summed E-state index contributed by atoms with van der Waals surface area (Å²) in [5, 5.41) is 3.73. The van der Waals surface area contributed by atoms with Gasteiger partial charge in [-0.05, 0) is 30.3 Å². The Labute approximate surface area is 161 Å². The van der Waals surface area contributed by atoms with Gasteiger partial charge in [-0.3, -0.25) is 0 Å². The lowest BCUT2D eigenvalue weighted by molar-refractivity contribution is 0.174. The van der Waals surface area contributed by atoms with Gasteiger partial charge < -0.3 is 24.6 Å². The topological polar surface area (TPSA) is 54.0 Å². The zero-order chi connectivity index (χ0) is 18.1. The number of benzene rings is 2. The number of ether oxygens (including phenoxy) is 2. The molecule has 0 bridgehead atoms. The number of nitrogens with one attached hydrogen (secondary N) is 1. The number of rotatable bonds is 2. The van der Waals surface area contributed by atoms with Crippen LogP contribution in [0.1, 0.15) is 0 Å². The van der Waals surface area contributed by atoms with Crippen molar-refractivity contribution in [3.05, 3.63) is 46.4 Å². The van der Waals surface area contributed by atoms with Crippen molar-refractivity contribution in [2.24, 2.45) is 0 Å². The summed E-state index contributed by atoms with van der Waals surface area (Å²) >= 11 is 11.9. The summed E-state index contributed by atoms with van der Waals surface area (Å²) in [6.45, 7) is 3.01. The van der Waals surface area contributed by atoms with Gasteiger partial charge in [0.25, 0.3) is 0 Å². The average molecular weight is 394 g/mol. The fourth-order valence-electron chi connectivity index (χ4n) is 3.03. The molecule has 0 spiro atoms. The van der Waals surface area contributed by atoms with E-state index < -0.39 is 0 Å². The van der Waals surface area contributed by atoms with Gasteiger partial charge in [0.1, 0.15) is 0 Å². The summed E-state index contributed by atoms with van der Waals surface area (Å²) in [6.07, 6.45) is 0. The van der Waals surface area contributed by atoms with Crippen molar-refractivity contribution < 1.29 is 14.3 Å². The van der Waals surface area contributed by atoms with E-state index in [0.717, 1.165) is 30.3 Å². The Hall–Kier alpha value is -2.31. The first-order chi connectivity index (χ1) is 12.6. The number of amides is 2. The minimum Gasteiger partial charge on any atom is -0.454 e. The van der Waals surface area contributed by atoms with Crippen LogP contribution < -0.4 is 19.7 Å². The molecule has 26 heavy (non-hydrogen) atoms. The summed E-state index contributed by atoms with van der Waals surface area (Å²) < 4.78 is 10.8. The van der Waals surface area contributed by atoms with E-state index in [2.05, 4.69) is 10.2 Å². The van der Waals surface area contributed by atoms with Gasteiger partial charge in [-0.15, -0.1) is 0 Å². The molecular weight excluding hydrogens is 377 g/mol. The van der Waals surface area contributed by atoms with Gasteiger partial charge in [-0.1, -0.05) is 23.2 Å². The smallest absolute Gasteiger partial charge is 0.321 e. The normalized spacial score (nSPS) is 15.9. The summed E-state index contributed by atoms with van der Waals surface area (Å²) in [5.41, 5.74) is 1.70. The SMILES string of the molecule is O=C(Nc1ccc(Cl)c(Cl)c1)N1CCN(c2ccc3c(c2)OCO3)CC1. The molecule has 6 nitrogen and oxygen atoms in total. The number of piperazine rings is 1. The van der Waals surface area contributed by atoms with E-state index in [1.165, 1.54) is 0 Å². The van der Waals surface area contributed by atoms with Gasteiger partial charge in [0, 0.05) is 43.6 Å². The van der Waals surface area contributed by atoms with E-state index in [1.54, 1.807) is 23.1 Å². The molecule has 2 aliphatic rings. The molecule has 0 radical (unpaired) electrons. The fraction of sp³-hybridized carbons (Fsp3) is 0.278. The first-order valence-corrected chi connectivity index (χ1v) is 9.01. The van der Waals surface area contributed by atoms with Crippen molar-refractivity contribution in [1.29, 1.82) is 0 Å². The molecule has 4 rings (SSSR count). The first-order valence-electron chi connectivity index (χ1n) is 8.26. The number of anilines is 2. The maximum Gasteiger partial charge on any atom is 0.321 e. The molecule has 0 aromatic heterocycles. The van der Waals surface area contributed by atoms with Crippen LogP contribution in [-0.2, 0) is 0 Å². The molecule has 2 aliphatic heterocycles. The zero-order valence-corrected chi connectivity index (χ0v) is 15.4. The Kier molecular flexibility index (Phi) is 4.70. The lowest BCUT2D eigenvalue weighted by atomic mass is 10.2. The van der Waals surface area contributed by atoms with Gasteiger partial charge in [0.2, 0.25) is 6.79 Å². The predicted octanol–water partition coefficient (Wildman–Crippen LogP) is 4.08. The van der Waals surface area contributed by atoms with Crippen LogP contribution in [0.3, 0.4) is 0 Å². The van der Waals surface area contributed by atoms with Crippen molar-refractivity contribution in [1.82, 2.24) is 4.90 Å². The highest BCUT2D eigenvalue weighted by molar-refractivity contribution is 6.42. The molecule has 1 N–H and O–H groups in total. The van der Waals surface area contributed by atoms with Gasteiger partial charge in [-0.2, -0.15) is 0 Å². The van der Waals surface area contributed by atoms with Crippen LogP contribution in [0, 0.1) is 0 Å². The van der Waals surface area contributed by atoms with Gasteiger partial charge in [0.15, 0.2) is 11.5 Å². The molecule has 2 amide bonds. The zero-order valence-electron chi connectivity index (χ0n) is 13.9. The third-order valence-electron chi connectivity index (χ3n) is 4.46. The van der Waals surface area contributed by atoms with Crippen molar-refractivity contribution >= 4 is 40.6 Å². The number of hydrogen-bond acceptors (Lipinski definition) is 4. The second kappa shape index (κ2) is 7.13. The van der Waals surface area contributed by atoms with Gasteiger partial charge in [0.05, 0.1) is 10.0 Å². The second-order valence-electron chi connectivity index (χ2n) is 6.07. The fourth-order valence-corrected chi connectivity index (χ4v) is 3.32. The molecular formula is C18H17Cl2N3O3. The Bertz CT molecular complexity index is 838. The maximum atomic E-state index is 12.4. The molecule has 1 fully saturated rings. The molecule has 2 heterocycles. The lowest BCUT2D eigenvalue weighted by Gasteiger charge is -2.36. The summed E-state index contributed by atoms with van der Waals surface area (Å²) in [6, 6.07) is 10.8. The quantitative estimate of drug-likeness (QED) is 0.834. The number of halogens is 2. The van der Waals surface area contributed by atoms with Crippen LogP contribution >= 0.6 is 23.2 Å². The van der Waals surface area contributed by atoms with Crippen molar-refractivity contribution in [2.75, 3.05) is 43.2 Å². The van der Waals surface area contributed by atoms with E-state index in [1.807, 2.05) is 18.2 Å². The summed E-state index contributed by atoms with van der Waals surface area (Å²) in [5.74, 6) is 1.54. The maximum absolute atomic E-state index is 12.4. The van der Waals surface area contributed by atoms with E-state index in [4.69, 9.17) is 32.7 Å². The molecule has 0 aliphatic carbocycles. The van der Waals surface area contributed by atoms with Crippen LogP contribution in [-0.4, -0.2) is 43.9 Å². The summed E-state index contributed by atoms with van der Waals surface area (Å²) in [7, 11) is 0.